The lowest BCUT2D eigenvalue weighted by molar-refractivity contribution is 0.309. The van der Waals surface area contributed by atoms with Gasteiger partial charge in [-0.3, -0.25) is 0 Å². The van der Waals surface area contributed by atoms with Crippen molar-refractivity contribution in [1.82, 2.24) is 19.5 Å². The molecule has 0 aliphatic carbocycles. The van der Waals surface area contributed by atoms with Crippen molar-refractivity contribution < 1.29 is 4.74 Å². The van der Waals surface area contributed by atoms with Crippen LogP contribution in [0.3, 0.4) is 0 Å². The van der Waals surface area contributed by atoms with Gasteiger partial charge in [-0.1, -0.05) is 13.3 Å². The number of aromatic nitrogens is 4. The van der Waals surface area contributed by atoms with Gasteiger partial charge in [0.05, 0.1) is 12.9 Å². The van der Waals surface area contributed by atoms with Crippen LogP contribution in [0, 0.1) is 0 Å². The minimum atomic E-state index is 0.494. The molecule has 0 fully saturated rings. The maximum absolute atomic E-state index is 6.23. The Morgan fingerprint density at radius 2 is 1.93 bits per heavy atom. The van der Waals surface area contributed by atoms with Crippen molar-refractivity contribution in [3.8, 4) is 5.75 Å². The number of hydrogen-bond donors (Lipinski definition) is 3. The van der Waals surface area contributed by atoms with Gasteiger partial charge in [0.1, 0.15) is 17.8 Å². The van der Waals surface area contributed by atoms with Crippen LogP contribution >= 0.6 is 0 Å². The number of benzene rings is 1. The van der Waals surface area contributed by atoms with Crippen LogP contribution in [0.4, 0.5) is 23.0 Å². The highest BCUT2D eigenvalue weighted by molar-refractivity contribution is 5.77. The molecule has 2 heterocycles. The van der Waals surface area contributed by atoms with Crippen LogP contribution in [0.25, 0.3) is 0 Å². The van der Waals surface area contributed by atoms with Gasteiger partial charge in [0.15, 0.2) is 11.6 Å². The van der Waals surface area contributed by atoms with E-state index < -0.39 is 0 Å². The smallest absolute Gasteiger partial charge is 0.159 e. The number of aryl methyl sites for hydroxylation is 1. The summed E-state index contributed by atoms with van der Waals surface area (Å²) < 4.78 is 7.72. The molecule has 3 rings (SSSR count). The lowest BCUT2D eigenvalue weighted by atomic mass is 10.3. The topological polar surface area (TPSA) is 103 Å². The first-order chi connectivity index (χ1) is 13.8. The average molecular weight is 381 g/mol. The molecule has 0 bridgehead atoms. The number of anilines is 4. The number of imidazole rings is 1. The minimum absolute atomic E-state index is 0.494. The summed E-state index contributed by atoms with van der Waals surface area (Å²) in [7, 11) is 0. The Labute approximate surface area is 165 Å². The molecule has 0 saturated heterocycles. The largest absolute Gasteiger partial charge is 0.494 e. The second-order valence-corrected chi connectivity index (χ2v) is 6.42. The fraction of sp³-hybridized carbons (Fsp3) is 0.350. The number of ether oxygens (including phenoxy) is 1. The third-order valence-electron chi connectivity index (χ3n) is 4.21. The Morgan fingerprint density at radius 1 is 1.11 bits per heavy atom. The normalized spacial score (nSPS) is 10.6. The summed E-state index contributed by atoms with van der Waals surface area (Å²) >= 11 is 0. The fourth-order valence-electron chi connectivity index (χ4n) is 2.63. The molecule has 148 valence electrons. The van der Waals surface area contributed by atoms with E-state index in [-0.39, 0.29) is 0 Å². The van der Waals surface area contributed by atoms with E-state index >= 15 is 0 Å². The average Bonchev–Trinajstić information content (AvgIpc) is 3.23. The summed E-state index contributed by atoms with van der Waals surface area (Å²) in [5.41, 5.74) is 7.61. The predicted octanol–water partition coefficient (Wildman–Crippen LogP) is 3.68. The molecule has 28 heavy (non-hydrogen) atoms. The number of rotatable bonds is 11. The van der Waals surface area contributed by atoms with Gasteiger partial charge < -0.3 is 25.7 Å². The SMILES string of the molecule is CCCCOc1ccc(Nc2ncnc(NCCCn3ccnc3)c2N)cc1. The van der Waals surface area contributed by atoms with Gasteiger partial charge in [0.25, 0.3) is 0 Å². The van der Waals surface area contributed by atoms with E-state index in [1.54, 1.807) is 12.5 Å². The molecule has 0 aliphatic heterocycles. The first-order valence-electron chi connectivity index (χ1n) is 9.56. The highest BCUT2D eigenvalue weighted by Crippen LogP contribution is 2.26. The molecule has 0 spiro atoms. The van der Waals surface area contributed by atoms with E-state index in [4.69, 9.17) is 10.5 Å². The van der Waals surface area contributed by atoms with Gasteiger partial charge >= 0.3 is 0 Å². The number of nitrogens with zero attached hydrogens (tertiary/aromatic N) is 4. The number of hydrogen-bond acceptors (Lipinski definition) is 7. The molecule has 0 atom stereocenters. The lowest BCUT2D eigenvalue weighted by Crippen LogP contribution is -2.10. The first-order valence-corrected chi connectivity index (χ1v) is 9.56. The Kier molecular flexibility index (Phi) is 7.06. The molecule has 0 unspecified atom stereocenters. The van der Waals surface area contributed by atoms with Gasteiger partial charge in [-0.05, 0) is 37.1 Å². The second kappa shape index (κ2) is 10.1. The Morgan fingerprint density at radius 3 is 2.68 bits per heavy atom. The lowest BCUT2D eigenvalue weighted by Gasteiger charge is -2.13. The number of nitrogens with one attached hydrogen (secondary N) is 2. The molecule has 8 nitrogen and oxygen atoms in total. The van der Waals surface area contributed by atoms with E-state index in [0.29, 0.717) is 17.3 Å². The molecule has 4 N–H and O–H groups in total. The van der Waals surface area contributed by atoms with Crippen LogP contribution in [0.2, 0.25) is 0 Å². The zero-order valence-corrected chi connectivity index (χ0v) is 16.1. The standard InChI is InChI=1S/C20H27N7O/c1-2-3-13-28-17-7-5-16(6-8-17)26-20-18(21)19(24-14-25-20)23-9-4-11-27-12-10-22-15-27/h5-8,10,12,14-15H,2-4,9,11,13,21H2,1H3,(H2,23,24,25,26). The van der Waals surface area contributed by atoms with Crippen molar-refractivity contribution >= 4 is 23.0 Å². The highest BCUT2D eigenvalue weighted by Gasteiger charge is 2.08. The highest BCUT2D eigenvalue weighted by atomic mass is 16.5. The van der Waals surface area contributed by atoms with Crippen molar-refractivity contribution in [2.24, 2.45) is 0 Å². The molecule has 0 radical (unpaired) electrons. The van der Waals surface area contributed by atoms with Crippen LogP contribution in [-0.2, 0) is 6.54 Å². The van der Waals surface area contributed by atoms with Crippen LogP contribution in [0.1, 0.15) is 26.2 Å². The molecule has 1 aromatic carbocycles. The second-order valence-electron chi connectivity index (χ2n) is 6.42. The molecule has 3 aromatic rings. The third-order valence-corrected chi connectivity index (χ3v) is 4.21. The summed E-state index contributed by atoms with van der Waals surface area (Å²) in [5, 5.41) is 6.51. The molecule has 0 saturated carbocycles. The number of unbranched alkanes of at least 4 members (excludes halogenated alkanes) is 1. The van der Waals surface area contributed by atoms with Crippen LogP contribution in [0.15, 0.2) is 49.3 Å². The van der Waals surface area contributed by atoms with E-state index in [2.05, 4.69) is 32.5 Å². The van der Waals surface area contributed by atoms with Crippen molar-refractivity contribution in [3.05, 3.63) is 49.3 Å². The van der Waals surface area contributed by atoms with Crippen LogP contribution in [0.5, 0.6) is 5.75 Å². The quantitative estimate of drug-likeness (QED) is 0.435. The van der Waals surface area contributed by atoms with E-state index in [9.17, 15) is 0 Å². The molecule has 0 aliphatic rings. The van der Waals surface area contributed by atoms with Crippen molar-refractivity contribution in [2.75, 3.05) is 29.5 Å². The first kappa shape index (κ1) is 19.5. The summed E-state index contributed by atoms with van der Waals surface area (Å²) in [4.78, 5) is 12.5. The van der Waals surface area contributed by atoms with E-state index in [1.165, 1.54) is 6.33 Å². The van der Waals surface area contributed by atoms with Gasteiger partial charge in [-0.2, -0.15) is 0 Å². The van der Waals surface area contributed by atoms with Gasteiger partial charge in [-0.15, -0.1) is 0 Å². The molecule has 0 amide bonds. The van der Waals surface area contributed by atoms with E-state index in [0.717, 1.165) is 50.4 Å². The Hall–Kier alpha value is -3.29. The maximum atomic E-state index is 6.23. The number of nitrogens with two attached hydrogens (primary N) is 1. The summed E-state index contributed by atoms with van der Waals surface area (Å²) in [6.45, 7) is 4.52. The van der Waals surface area contributed by atoms with Crippen LogP contribution < -0.4 is 21.1 Å². The van der Waals surface area contributed by atoms with E-state index in [1.807, 2.05) is 35.0 Å². The monoisotopic (exact) mass is 381 g/mol. The minimum Gasteiger partial charge on any atom is -0.494 e. The van der Waals surface area contributed by atoms with Crippen molar-refractivity contribution in [2.45, 2.75) is 32.7 Å². The van der Waals surface area contributed by atoms with Gasteiger partial charge in [0, 0.05) is 31.2 Å². The zero-order chi connectivity index (χ0) is 19.6. The van der Waals surface area contributed by atoms with Crippen LogP contribution in [-0.4, -0.2) is 32.7 Å². The molecular weight excluding hydrogens is 354 g/mol. The maximum Gasteiger partial charge on any atom is 0.159 e. The summed E-state index contributed by atoms with van der Waals surface area (Å²) in [6.07, 6.45) is 10.1. The zero-order valence-electron chi connectivity index (χ0n) is 16.1. The van der Waals surface area contributed by atoms with Gasteiger partial charge in [0.2, 0.25) is 0 Å². The third kappa shape index (κ3) is 5.60. The Bertz CT molecular complexity index is 834. The van der Waals surface area contributed by atoms with Gasteiger partial charge in [-0.25, -0.2) is 15.0 Å². The Balaban J connectivity index is 1.53. The predicted molar refractivity (Wildman–Crippen MR) is 112 cm³/mol. The van der Waals surface area contributed by atoms with Crippen molar-refractivity contribution in [1.29, 1.82) is 0 Å². The summed E-state index contributed by atoms with van der Waals surface area (Å²) in [5.74, 6) is 2.06. The number of nitrogen functional groups attached to an aromatic ring is 1. The fourth-order valence-corrected chi connectivity index (χ4v) is 2.63. The summed E-state index contributed by atoms with van der Waals surface area (Å²) in [6, 6.07) is 7.76. The molecule has 2 aromatic heterocycles. The van der Waals surface area contributed by atoms with Crippen molar-refractivity contribution in [3.63, 3.8) is 0 Å². The molecule has 8 heteroatoms. The molecular formula is C20H27N7O.